The van der Waals surface area contributed by atoms with E-state index >= 15 is 0 Å². The molecule has 1 amide bonds. The van der Waals surface area contributed by atoms with Gasteiger partial charge in [-0.3, -0.25) is 14.7 Å². The van der Waals surface area contributed by atoms with E-state index in [0.29, 0.717) is 17.1 Å². The first-order valence-electron chi connectivity index (χ1n) is 10.1. The van der Waals surface area contributed by atoms with Gasteiger partial charge in [0, 0.05) is 50.2 Å². The number of pyridine rings is 1. The summed E-state index contributed by atoms with van der Waals surface area (Å²) in [6, 6.07) is 18.8. The van der Waals surface area contributed by atoms with Crippen LogP contribution in [0.1, 0.15) is 15.9 Å². The summed E-state index contributed by atoms with van der Waals surface area (Å²) in [5, 5.41) is 3.00. The molecular weight excluding hydrogens is 376 g/mol. The Morgan fingerprint density at radius 2 is 1.80 bits per heavy atom. The second-order valence-electron chi connectivity index (χ2n) is 7.55. The van der Waals surface area contributed by atoms with Gasteiger partial charge < -0.3 is 15.0 Å². The van der Waals surface area contributed by atoms with Gasteiger partial charge in [-0.25, -0.2) is 0 Å². The Morgan fingerprint density at radius 3 is 2.53 bits per heavy atom. The monoisotopic (exact) mass is 402 g/mol. The predicted octanol–water partition coefficient (Wildman–Crippen LogP) is 3.87. The minimum Gasteiger partial charge on any atom is -0.456 e. The molecule has 0 saturated carbocycles. The number of carbonyl (C=O) groups is 1. The van der Waals surface area contributed by atoms with Gasteiger partial charge in [0.1, 0.15) is 11.5 Å². The SMILES string of the molecule is CN1CCN(Cc2cccc(NC(=O)c3ccc(Oc4cccnc4)cc3)c2)CC1. The van der Waals surface area contributed by atoms with Crippen molar-refractivity contribution < 1.29 is 9.53 Å². The minimum atomic E-state index is -0.139. The van der Waals surface area contributed by atoms with Crippen molar-refractivity contribution in [3.05, 3.63) is 84.2 Å². The third-order valence-corrected chi connectivity index (χ3v) is 5.17. The fourth-order valence-corrected chi connectivity index (χ4v) is 3.43. The fourth-order valence-electron chi connectivity index (χ4n) is 3.43. The molecule has 6 heteroatoms. The van der Waals surface area contributed by atoms with E-state index < -0.39 is 0 Å². The van der Waals surface area contributed by atoms with Gasteiger partial charge in [0.2, 0.25) is 0 Å². The van der Waals surface area contributed by atoms with Crippen LogP contribution in [0.3, 0.4) is 0 Å². The molecule has 4 rings (SSSR count). The van der Waals surface area contributed by atoms with E-state index in [0.717, 1.165) is 38.4 Å². The van der Waals surface area contributed by atoms with Crippen molar-refractivity contribution in [3.63, 3.8) is 0 Å². The number of hydrogen-bond donors (Lipinski definition) is 1. The number of rotatable bonds is 6. The number of likely N-dealkylation sites (N-methyl/N-ethyl adjacent to an activating group) is 1. The number of ether oxygens (including phenoxy) is 1. The summed E-state index contributed by atoms with van der Waals surface area (Å²) in [6.07, 6.45) is 3.34. The average molecular weight is 402 g/mol. The highest BCUT2D eigenvalue weighted by molar-refractivity contribution is 6.04. The van der Waals surface area contributed by atoms with Crippen LogP contribution in [0.2, 0.25) is 0 Å². The molecule has 0 spiro atoms. The van der Waals surface area contributed by atoms with Gasteiger partial charge >= 0.3 is 0 Å². The minimum absolute atomic E-state index is 0.139. The van der Waals surface area contributed by atoms with Crippen LogP contribution < -0.4 is 10.1 Å². The lowest BCUT2D eigenvalue weighted by atomic mass is 10.1. The largest absolute Gasteiger partial charge is 0.456 e. The first-order chi connectivity index (χ1) is 14.7. The summed E-state index contributed by atoms with van der Waals surface area (Å²) < 4.78 is 5.72. The van der Waals surface area contributed by atoms with Gasteiger partial charge in [-0.1, -0.05) is 12.1 Å². The van der Waals surface area contributed by atoms with Gasteiger partial charge in [-0.2, -0.15) is 0 Å². The van der Waals surface area contributed by atoms with Gasteiger partial charge in [-0.05, 0) is 61.1 Å². The van der Waals surface area contributed by atoms with Crippen molar-refractivity contribution in [1.29, 1.82) is 0 Å². The zero-order chi connectivity index (χ0) is 20.8. The van der Waals surface area contributed by atoms with Crippen molar-refractivity contribution in [1.82, 2.24) is 14.8 Å². The van der Waals surface area contributed by atoms with Crippen LogP contribution in [0, 0.1) is 0 Å². The maximum absolute atomic E-state index is 12.6. The lowest BCUT2D eigenvalue weighted by Gasteiger charge is -2.32. The second-order valence-corrected chi connectivity index (χ2v) is 7.55. The van der Waals surface area contributed by atoms with Crippen LogP contribution >= 0.6 is 0 Å². The molecule has 1 aromatic heterocycles. The molecule has 0 radical (unpaired) electrons. The zero-order valence-corrected chi connectivity index (χ0v) is 17.1. The number of anilines is 1. The fraction of sp³-hybridized carbons (Fsp3) is 0.250. The van der Waals surface area contributed by atoms with Crippen molar-refractivity contribution in [2.45, 2.75) is 6.54 Å². The number of nitrogens with zero attached hydrogens (tertiary/aromatic N) is 3. The predicted molar refractivity (Wildman–Crippen MR) is 118 cm³/mol. The molecule has 0 bridgehead atoms. The average Bonchev–Trinajstić information content (AvgIpc) is 2.77. The molecular formula is C24H26N4O2. The standard InChI is InChI=1S/C24H26N4O2/c1-27-12-14-28(15-13-27)18-19-4-2-5-21(16-19)26-24(29)20-7-9-22(10-8-20)30-23-6-3-11-25-17-23/h2-11,16-17H,12-15,18H2,1H3,(H,26,29). The summed E-state index contributed by atoms with van der Waals surface area (Å²) in [4.78, 5) is 21.5. The third kappa shape index (κ3) is 5.43. The number of nitrogens with one attached hydrogen (secondary N) is 1. The van der Waals surface area contributed by atoms with E-state index in [4.69, 9.17) is 4.74 Å². The zero-order valence-electron chi connectivity index (χ0n) is 17.1. The van der Waals surface area contributed by atoms with Crippen LogP contribution in [0.25, 0.3) is 0 Å². The highest BCUT2D eigenvalue weighted by Gasteiger charge is 2.14. The summed E-state index contributed by atoms with van der Waals surface area (Å²) in [6.45, 7) is 5.23. The molecule has 2 aromatic carbocycles. The summed E-state index contributed by atoms with van der Waals surface area (Å²) in [5.74, 6) is 1.18. The molecule has 0 aliphatic carbocycles. The molecule has 1 aliphatic rings. The Bertz CT molecular complexity index is 968. The lowest BCUT2D eigenvalue weighted by Crippen LogP contribution is -2.43. The molecule has 154 valence electrons. The van der Waals surface area contributed by atoms with Crippen LogP contribution in [0.5, 0.6) is 11.5 Å². The molecule has 0 atom stereocenters. The molecule has 1 N–H and O–H groups in total. The molecule has 0 unspecified atom stereocenters. The number of benzene rings is 2. The van der Waals surface area contributed by atoms with Crippen LogP contribution in [0.4, 0.5) is 5.69 Å². The van der Waals surface area contributed by atoms with Crippen molar-refractivity contribution in [2.24, 2.45) is 0 Å². The first-order valence-corrected chi connectivity index (χ1v) is 10.1. The van der Waals surface area contributed by atoms with E-state index in [9.17, 15) is 4.79 Å². The smallest absolute Gasteiger partial charge is 0.255 e. The van der Waals surface area contributed by atoms with Crippen molar-refractivity contribution >= 4 is 11.6 Å². The van der Waals surface area contributed by atoms with Crippen molar-refractivity contribution in [2.75, 3.05) is 38.5 Å². The molecule has 6 nitrogen and oxygen atoms in total. The van der Waals surface area contributed by atoms with Gasteiger partial charge in [0.25, 0.3) is 5.91 Å². The van der Waals surface area contributed by atoms with Crippen molar-refractivity contribution in [3.8, 4) is 11.5 Å². The summed E-state index contributed by atoms with van der Waals surface area (Å²) in [7, 11) is 2.16. The van der Waals surface area contributed by atoms with E-state index in [1.165, 1.54) is 5.56 Å². The number of aromatic nitrogens is 1. The molecule has 1 aliphatic heterocycles. The van der Waals surface area contributed by atoms with E-state index in [2.05, 4.69) is 39.3 Å². The Kier molecular flexibility index (Phi) is 6.37. The van der Waals surface area contributed by atoms with E-state index in [1.807, 2.05) is 24.3 Å². The maximum atomic E-state index is 12.6. The normalized spacial score (nSPS) is 15.0. The molecule has 3 aromatic rings. The first kappa shape index (κ1) is 20.1. The highest BCUT2D eigenvalue weighted by Crippen LogP contribution is 2.21. The van der Waals surface area contributed by atoms with E-state index in [1.54, 1.807) is 36.7 Å². The van der Waals surface area contributed by atoms with Gasteiger partial charge in [-0.15, -0.1) is 0 Å². The number of amides is 1. The summed E-state index contributed by atoms with van der Waals surface area (Å²) >= 11 is 0. The van der Waals surface area contributed by atoms with Crippen LogP contribution in [-0.2, 0) is 6.54 Å². The summed E-state index contributed by atoms with van der Waals surface area (Å²) in [5.41, 5.74) is 2.60. The van der Waals surface area contributed by atoms with Gasteiger partial charge in [0.15, 0.2) is 0 Å². The Hall–Kier alpha value is -3.22. The topological polar surface area (TPSA) is 57.7 Å². The third-order valence-electron chi connectivity index (χ3n) is 5.17. The lowest BCUT2D eigenvalue weighted by molar-refractivity contribution is 0.102. The van der Waals surface area contributed by atoms with E-state index in [-0.39, 0.29) is 5.91 Å². The van der Waals surface area contributed by atoms with Crippen LogP contribution in [-0.4, -0.2) is 53.9 Å². The highest BCUT2D eigenvalue weighted by atomic mass is 16.5. The number of carbonyl (C=O) groups excluding carboxylic acids is 1. The molecule has 2 heterocycles. The molecule has 1 saturated heterocycles. The van der Waals surface area contributed by atoms with Gasteiger partial charge in [0.05, 0.1) is 6.20 Å². The Morgan fingerprint density at radius 1 is 1.00 bits per heavy atom. The van der Waals surface area contributed by atoms with Crippen LogP contribution in [0.15, 0.2) is 73.1 Å². The molecule has 30 heavy (non-hydrogen) atoms. The number of piperazine rings is 1. The number of hydrogen-bond acceptors (Lipinski definition) is 5. The Balaban J connectivity index is 1.35. The quantitative estimate of drug-likeness (QED) is 0.678. The second kappa shape index (κ2) is 9.52. The molecule has 1 fully saturated rings. The maximum Gasteiger partial charge on any atom is 0.255 e. The Labute approximate surface area is 177 Å².